The van der Waals surface area contributed by atoms with Crippen LogP contribution in [0, 0.1) is 5.82 Å². The molecule has 2 amide bonds. The lowest BCUT2D eigenvalue weighted by molar-refractivity contribution is -0.122. The minimum atomic E-state index is -0.648. The van der Waals surface area contributed by atoms with Gasteiger partial charge in [-0.2, -0.15) is 0 Å². The average Bonchev–Trinajstić information content (AvgIpc) is 3.05. The number of amides is 2. The molecular weight excluding hydrogens is 395 g/mol. The van der Waals surface area contributed by atoms with E-state index >= 15 is 0 Å². The molecule has 0 aliphatic carbocycles. The first kappa shape index (κ1) is 19.1. The molecule has 0 spiro atoms. The maximum absolute atomic E-state index is 13.3. The Labute approximate surface area is 169 Å². The number of para-hydroxylation sites is 2. The molecule has 3 aromatic rings. The minimum Gasteiger partial charge on any atom is -0.451 e. The number of anilines is 2. The van der Waals surface area contributed by atoms with E-state index in [0.29, 0.717) is 21.6 Å². The van der Waals surface area contributed by atoms with Gasteiger partial charge in [0.25, 0.3) is 5.91 Å². The summed E-state index contributed by atoms with van der Waals surface area (Å²) in [5, 5.41) is 3.38. The number of thiophene rings is 1. The standard InChI is InChI=1S/C21H17FN2O4S/c1-12-8-19(25)23-15-4-2-3-5-16(15)24(12)20(26)11-28-21(27)18-10-13-9-14(22)6-7-17(13)29-18/h2-7,9-10,12H,8,11H2,1H3,(H,23,25)/t12-/m1/s1. The molecule has 148 valence electrons. The zero-order chi connectivity index (χ0) is 20.5. The van der Waals surface area contributed by atoms with Gasteiger partial charge in [-0.05, 0) is 48.7 Å². The molecule has 2 heterocycles. The smallest absolute Gasteiger partial charge is 0.348 e. The summed E-state index contributed by atoms with van der Waals surface area (Å²) in [6, 6.07) is 12.4. The summed E-state index contributed by atoms with van der Waals surface area (Å²) in [6.07, 6.45) is 0.135. The van der Waals surface area contributed by atoms with Crippen LogP contribution in [0.5, 0.6) is 0 Å². The van der Waals surface area contributed by atoms with Gasteiger partial charge in [0.2, 0.25) is 5.91 Å². The van der Waals surface area contributed by atoms with Crippen LogP contribution in [0.25, 0.3) is 10.1 Å². The predicted molar refractivity (Wildman–Crippen MR) is 109 cm³/mol. The van der Waals surface area contributed by atoms with E-state index in [0.717, 1.165) is 4.70 Å². The molecule has 1 N–H and O–H groups in total. The summed E-state index contributed by atoms with van der Waals surface area (Å²) in [6.45, 7) is 1.30. The van der Waals surface area contributed by atoms with E-state index in [4.69, 9.17) is 4.74 Å². The Morgan fingerprint density at radius 3 is 2.86 bits per heavy atom. The van der Waals surface area contributed by atoms with E-state index in [1.165, 1.54) is 28.4 Å². The fraction of sp³-hybridized carbons (Fsp3) is 0.190. The van der Waals surface area contributed by atoms with Crippen molar-refractivity contribution in [3.05, 3.63) is 59.2 Å². The number of carbonyl (C=O) groups is 3. The molecule has 0 saturated carbocycles. The van der Waals surface area contributed by atoms with Gasteiger partial charge >= 0.3 is 5.97 Å². The highest BCUT2D eigenvalue weighted by molar-refractivity contribution is 7.20. The van der Waals surface area contributed by atoms with Crippen LogP contribution in [0.3, 0.4) is 0 Å². The first-order chi connectivity index (χ1) is 13.9. The number of rotatable bonds is 3. The number of carbonyl (C=O) groups excluding carboxylic acids is 3. The number of esters is 1. The SMILES string of the molecule is C[C@@H]1CC(=O)Nc2ccccc2N1C(=O)COC(=O)c1cc2cc(F)ccc2s1. The molecule has 6 nitrogen and oxygen atoms in total. The summed E-state index contributed by atoms with van der Waals surface area (Å²) >= 11 is 1.17. The Kier molecular flexibility index (Phi) is 5.02. The summed E-state index contributed by atoms with van der Waals surface area (Å²) in [4.78, 5) is 39.0. The van der Waals surface area contributed by atoms with Crippen LogP contribution in [0.1, 0.15) is 23.0 Å². The molecule has 1 aromatic heterocycles. The molecule has 8 heteroatoms. The van der Waals surface area contributed by atoms with Crippen molar-refractivity contribution in [2.45, 2.75) is 19.4 Å². The Morgan fingerprint density at radius 2 is 2.03 bits per heavy atom. The van der Waals surface area contributed by atoms with E-state index in [-0.39, 0.29) is 18.1 Å². The van der Waals surface area contributed by atoms with Gasteiger partial charge < -0.3 is 15.0 Å². The maximum Gasteiger partial charge on any atom is 0.348 e. The van der Waals surface area contributed by atoms with E-state index in [9.17, 15) is 18.8 Å². The molecule has 1 aliphatic heterocycles. The van der Waals surface area contributed by atoms with Gasteiger partial charge in [0.15, 0.2) is 6.61 Å². The molecular formula is C21H17FN2O4S. The van der Waals surface area contributed by atoms with E-state index in [1.54, 1.807) is 43.3 Å². The van der Waals surface area contributed by atoms with Gasteiger partial charge in [-0.1, -0.05) is 12.1 Å². The summed E-state index contributed by atoms with van der Waals surface area (Å²) in [5.74, 6) is -1.65. The number of nitrogens with one attached hydrogen (secondary N) is 1. The number of nitrogens with zero attached hydrogens (tertiary/aromatic N) is 1. The Morgan fingerprint density at radius 1 is 1.24 bits per heavy atom. The van der Waals surface area contributed by atoms with E-state index in [1.807, 2.05) is 0 Å². The molecule has 0 bridgehead atoms. The lowest BCUT2D eigenvalue weighted by Gasteiger charge is -2.27. The molecule has 4 rings (SSSR count). The summed E-state index contributed by atoms with van der Waals surface area (Å²) < 4.78 is 19.3. The number of ether oxygens (including phenoxy) is 1. The van der Waals surface area contributed by atoms with Gasteiger partial charge in [-0.15, -0.1) is 11.3 Å². The predicted octanol–water partition coefficient (Wildman–Crippen LogP) is 3.96. The fourth-order valence-electron chi connectivity index (χ4n) is 3.35. The second-order valence-electron chi connectivity index (χ2n) is 6.75. The van der Waals surface area contributed by atoms with Crippen molar-refractivity contribution in [1.29, 1.82) is 0 Å². The van der Waals surface area contributed by atoms with Gasteiger partial charge in [0.05, 0.1) is 11.4 Å². The monoisotopic (exact) mass is 412 g/mol. The molecule has 0 fully saturated rings. The van der Waals surface area contributed by atoms with Crippen molar-refractivity contribution in [1.82, 2.24) is 0 Å². The van der Waals surface area contributed by atoms with Crippen molar-refractivity contribution in [3.63, 3.8) is 0 Å². The second kappa shape index (κ2) is 7.63. The molecule has 29 heavy (non-hydrogen) atoms. The van der Waals surface area contributed by atoms with Crippen LogP contribution in [-0.2, 0) is 14.3 Å². The van der Waals surface area contributed by atoms with Crippen molar-refractivity contribution in [3.8, 4) is 0 Å². The third-order valence-electron chi connectivity index (χ3n) is 4.63. The topological polar surface area (TPSA) is 75.7 Å². The second-order valence-corrected chi connectivity index (χ2v) is 7.83. The van der Waals surface area contributed by atoms with Crippen LogP contribution in [0.4, 0.5) is 15.8 Å². The number of halogens is 1. The average molecular weight is 412 g/mol. The van der Waals surface area contributed by atoms with Crippen LogP contribution in [-0.4, -0.2) is 30.4 Å². The Bertz CT molecular complexity index is 1130. The molecule has 1 aliphatic rings. The van der Waals surface area contributed by atoms with Crippen molar-refractivity contribution in [2.75, 3.05) is 16.8 Å². The first-order valence-electron chi connectivity index (χ1n) is 8.99. The van der Waals surface area contributed by atoms with Gasteiger partial charge in [-0.3, -0.25) is 9.59 Å². The Balaban J connectivity index is 1.51. The number of hydrogen-bond donors (Lipinski definition) is 1. The van der Waals surface area contributed by atoms with Crippen molar-refractivity contribution < 1.29 is 23.5 Å². The third kappa shape index (κ3) is 3.84. The molecule has 0 radical (unpaired) electrons. The van der Waals surface area contributed by atoms with Crippen LogP contribution in [0.15, 0.2) is 48.5 Å². The van der Waals surface area contributed by atoms with Crippen LogP contribution >= 0.6 is 11.3 Å². The minimum absolute atomic E-state index is 0.135. The Hall–Kier alpha value is -3.26. The molecule has 2 aromatic carbocycles. The number of hydrogen-bond acceptors (Lipinski definition) is 5. The lowest BCUT2D eigenvalue weighted by Crippen LogP contribution is -2.41. The quantitative estimate of drug-likeness (QED) is 0.661. The number of fused-ring (bicyclic) bond motifs is 2. The number of benzene rings is 2. The van der Waals surface area contributed by atoms with E-state index in [2.05, 4.69) is 5.32 Å². The van der Waals surface area contributed by atoms with Crippen molar-refractivity contribution in [2.24, 2.45) is 0 Å². The zero-order valence-electron chi connectivity index (χ0n) is 15.5. The van der Waals surface area contributed by atoms with Gasteiger partial charge in [-0.25, -0.2) is 9.18 Å². The molecule has 1 atom stereocenters. The van der Waals surface area contributed by atoms with E-state index < -0.39 is 24.5 Å². The fourth-order valence-corrected chi connectivity index (χ4v) is 4.29. The maximum atomic E-state index is 13.3. The van der Waals surface area contributed by atoms with Crippen molar-refractivity contribution >= 4 is 50.6 Å². The normalized spacial score (nSPS) is 16.1. The summed E-state index contributed by atoms with van der Waals surface area (Å²) in [7, 11) is 0. The highest BCUT2D eigenvalue weighted by Gasteiger charge is 2.30. The lowest BCUT2D eigenvalue weighted by atomic mass is 10.1. The van der Waals surface area contributed by atoms with Gasteiger partial charge in [0.1, 0.15) is 10.7 Å². The van der Waals surface area contributed by atoms with Gasteiger partial charge in [0, 0.05) is 17.2 Å². The van der Waals surface area contributed by atoms with Crippen LogP contribution < -0.4 is 10.2 Å². The largest absolute Gasteiger partial charge is 0.451 e. The zero-order valence-corrected chi connectivity index (χ0v) is 16.3. The first-order valence-corrected chi connectivity index (χ1v) is 9.81. The summed E-state index contributed by atoms with van der Waals surface area (Å²) in [5.41, 5.74) is 1.09. The third-order valence-corrected chi connectivity index (χ3v) is 5.73. The molecule has 0 unspecified atom stereocenters. The highest BCUT2D eigenvalue weighted by Crippen LogP contribution is 2.31. The molecule has 0 saturated heterocycles. The highest BCUT2D eigenvalue weighted by atomic mass is 32.1. The van der Waals surface area contributed by atoms with Crippen LogP contribution in [0.2, 0.25) is 0 Å².